The van der Waals surface area contributed by atoms with Gasteiger partial charge in [-0.1, -0.05) is 28.1 Å². The van der Waals surface area contributed by atoms with Crippen molar-refractivity contribution in [1.29, 1.82) is 0 Å². The summed E-state index contributed by atoms with van der Waals surface area (Å²) >= 11 is 3.27. The first-order valence-corrected chi connectivity index (χ1v) is 9.84. The highest BCUT2D eigenvalue weighted by molar-refractivity contribution is 9.09. The van der Waals surface area contributed by atoms with Crippen LogP contribution in [0.3, 0.4) is 0 Å². The summed E-state index contributed by atoms with van der Waals surface area (Å²) in [7, 11) is 3.13. The maximum atomic E-state index is 12.1. The summed E-state index contributed by atoms with van der Waals surface area (Å²) < 4.78 is 21.2. The standard InChI is InChI=1S/C20H25BrN2O5/c1-25-18-11-14(3-5-16(18)22)15-4-6-17(19(12-15)26-2)23-20(24)13-28-10-9-27-8-7-21/h3-6,11-12H,7-10,13,22H2,1-2H3,(H,23,24). The number of hydrogen-bond acceptors (Lipinski definition) is 6. The number of halogens is 1. The fraction of sp³-hybridized carbons (Fsp3) is 0.350. The van der Waals surface area contributed by atoms with Crippen molar-refractivity contribution in [3.63, 3.8) is 0 Å². The second-order valence-corrected chi connectivity index (χ2v) is 6.57. The Kier molecular flexibility index (Phi) is 9.06. The SMILES string of the molecule is COc1cc(-c2ccc(NC(=O)COCCOCCBr)c(OC)c2)ccc1N. The first-order valence-electron chi connectivity index (χ1n) is 8.72. The Hall–Kier alpha value is -2.29. The highest BCUT2D eigenvalue weighted by Crippen LogP contribution is 2.33. The lowest BCUT2D eigenvalue weighted by Crippen LogP contribution is -2.20. The molecular formula is C20H25BrN2O5. The minimum Gasteiger partial charge on any atom is -0.495 e. The second kappa shape index (κ2) is 11.5. The Morgan fingerprint density at radius 3 is 2.29 bits per heavy atom. The van der Waals surface area contributed by atoms with E-state index in [-0.39, 0.29) is 12.5 Å². The van der Waals surface area contributed by atoms with E-state index in [0.717, 1.165) is 16.5 Å². The minimum atomic E-state index is -0.263. The molecule has 0 aliphatic carbocycles. The number of nitrogens with one attached hydrogen (secondary N) is 1. The Balaban J connectivity index is 2.00. The Bertz CT molecular complexity index is 785. The van der Waals surface area contributed by atoms with Gasteiger partial charge in [0.25, 0.3) is 0 Å². The Labute approximate surface area is 173 Å². The zero-order valence-electron chi connectivity index (χ0n) is 16.0. The number of alkyl halides is 1. The minimum absolute atomic E-state index is 0.0578. The second-order valence-electron chi connectivity index (χ2n) is 5.77. The molecule has 0 unspecified atom stereocenters. The lowest BCUT2D eigenvalue weighted by molar-refractivity contribution is -0.121. The van der Waals surface area contributed by atoms with Gasteiger partial charge in [0, 0.05) is 5.33 Å². The molecule has 0 saturated carbocycles. The first-order chi connectivity index (χ1) is 13.6. The zero-order chi connectivity index (χ0) is 20.4. The third-order valence-corrected chi connectivity index (χ3v) is 4.19. The van der Waals surface area contributed by atoms with Gasteiger partial charge < -0.3 is 30.0 Å². The molecule has 7 nitrogen and oxygen atoms in total. The molecule has 152 valence electrons. The summed E-state index contributed by atoms with van der Waals surface area (Å²) in [4.78, 5) is 12.1. The lowest BCUT2D eigenvalue weighted by atomic mass is 10.0. The number of methoxy groups -OCH3 is 2. The molecule has 8 heteroatoms. The molecule has 0 aliphatic rings. The fourth-order valence-electron chi connectivity index (χ4n) is 2.49. The molecule has 0 fully saturated rings. The average Bonchev–Trinajstić information content (AvgIpc) is 2.71. The van der Waals surface area contributed by atoms with Crippen LogP contribution < -0.4 is 20.5 Å². The summed E-state index contributed by atoms with van der Waals surface area (Å²) in [5.74, 6) is 0.883. The van der Waals surface area contributed by atoms with E-state index in [9.17, 15) is 4.79 Å². The van der Waals surface area contributed by atoms with Gasteiger partial charge in [0.2, 0.25) is 5.91 Å². The van der Waals surface area contributed by atoms with Gasteiger partial charge in [0.05, 0.1) is 45.4 Å². The number of carbonyl (C=O) groups excluding carboxylic acids is 1. The van der Waals surface area contributed by atoms with Gasteiger partial charge >= 0.3 is 0 Å². The molecule has 0 heterocycles. The first kappa shape index (κ1) is 22.0. The molecule has 0 aliphatic heterocycles. The third-order valence-electron chi connectivity index (χ3n) is 3.87. The van der Waals surface area contributed by atoms with E-state index in [0.29, 0.717) is 42.7 Å². The maximum absolute atomic E-state index is 12.1. The van der Waals surface area contributed by atoms with E-state index in [4.69, 9.17) is 24.7 Å². The van der Waals surface area contributed by atoms with E-state index >= 15 is 0 Å². The molecular weight excluding hydrogens is 428 g/mol. The Morgan fingerprint density at radius 2 is 1.61 bits per heavy atom. The molecule has 0 spiro atoms. The lowest BCUT2D eigenvalue weighted by Gasteiger charge is -2.13. The molecule has 28 heavy (non-hydrogen) atoms. The van der Waals surface area contributed by atoms with E-state index in [2.05, 4.69) is 21.2 Å². The number of nitrogen functional groups attached to an aromatic ring is 1. The van der Waals surface area contributed by atoms with Crippen LogP contribution in [0.4, 0.5) is 11.4 Å². The highest BCUT2D eigenvalue weighted by Gasteiger charge is 2.11. The summed E-state index contributed by atoms with van der Waals surface area (Å²) in [5.41, 5.74) is 8.84. The topological polar surface area (TPSA) is 92.0 Å². The van der Waals surface area contributed by atoms with Gasteiger partial charge in [-0.2, -0.15) is 0 Å². The van der Waals surface area contributed by atoms with Crippen LogP contribution in [0.5, 0.6) is 11.5 Å². The van der Waals surface area contributed by atoms with E-state index in [1.54, 1.807) is 26.4 Å². The van der Waals surface area contributed by atoms with E-state index < -0.39 is 0 Å². The van der Waals surface area contributed by atoms with E-state index in [1.807, 2.05) is 24.3 Å². The van der Waals surface area contributed by atoms with Crippen molar-refractivity contribution in [2.45, 2.75) is 0 Å². The number of ether oxygens (including phenoxy) is 4. The van der Waals surface area contributed by atoms with Crippen LogP contribution in [-0.4, -0.2) is 51.9 Å². The van der Waals surface area contributed by atoms with Gasteiger partial charge in [0.15, 0.2) is 0 Å². The van der Waals surface area contributed by atoms with Gasteiger partial charge in [-0.05, 0) is 35.4 Å². The van der Waals surface area contributed by atoms with Crippen LogP contribution in [-0.2, 0) is 14.3 Å². The molecule has 0 atom stereocenters. The average molecular weight is 453 g/mol. The van der Waals surface area contributed by atoms with Crippen LogP contribution in [0.15, 0.2) is 36.4 Å². The van der Waals surface area contributed by atoms with Gasteiger partial charge in [-0.3, -0.25) is 4.79 Å². The molecule has 0 saturated heterocycles. The van der Waals surface area contributed by atoms with Crippen molar-refractivity contribution >= 4 is 33.2 Å². The molecule has 3 N–H and O–H groups in total. The van der Waals surface area contributed by atoms with Gasteiger partial charge in [-0.15, -0.1) is 0 Å². The summed E-state index contributed by atoms with van der Waals surface area (Å²) in [6.07, 6.45) is 0. The fourth-order valence-corrected chi connectivity index (χ4v) is 2.72. The predicted molar refractivity (Wildman–Crippen MR) is 113 cm³/mol. The van der Waals surface area contributed by atoms with Crippen LogP contribution >= 0.6 is 15.9 Å². The number of anilines is 2. The van der Waals surface area contributed by atoms with Crippen molar-refractivity contribution < 1.29 is 23.7 Å². The van der Waals surface area contributed by atoms with Crippen molar-refractivity contribution in [2.75, 3.05) is 57.0 Å². The molecule has 0 bridgehead atoms. The monoisotopic (exact) mass is 452 g/mol. The molecule has 0 aromatic heterocycles. The van der Waals surface area contributed by atoms with E-state index in [1.165, 1.54) is 0 Å². The quantitative estimate of drug-likeness (QED) is 0.308. The Morgan fingerprint density at radius 1 is 0.964 bits per heavy atom. The smallest absolute Gasteiger partial charge is 0.250 e. The van der Waals surface area contributed by atoms with Crippen LogP contribution in [0.2, 0.25) is 0 Å². The van der Waals surface area contributed by atoms with Crippen molar-refractivity contribution in [3.8, 4) is 22.6 Å². The van der Waals surface area contributed by atoms with Crippen LogP contribution in [0.1, 0.15) is 0 Å². The normalized spacial score (nSPS) is 10.5. The maximum Gasteiger partial charge on any atom is 0.250 e. The third kappa shape index (κ3) is 6.40. The van der Waals surface area contributed by atoms with Crippen LogP contribution in [0.25, 0.3) is 11.1 Å². The van der Waals surface area contributed by atoms with Gasteiger partial charge in [-0.25, -0.2) is 0 Å². The van der Waals surface area contributed by atoms with Crippen molar-refractivity contribution in [2.24, 2.45) is 0 Å². The number of nitrogens with two attached hydrogens (primary N) is 1. The summed E-state index contributed by atoms with van der Waals surface area (Å²) in [6, 6.07) is 11.1. The van der Waals surface area contributed by atoms with Crippen molar-refractivity contribution in [3.05, 3.63) is 36.4 Å². The number of rotatable bonds is 11. The molecule has 1 amide bonds. The summed E-state index contributed by atoms with van der Waals surface area (Å²) in [5, 5.41) is 3.56. The molecule has 2 rings (SSSR count). The molecule has 2 aromatic rings. The highest BCUT2D eigenvalue weighted by atomic mass is 79.9. The van der Waals surface area contributed by atoms with Gasteiger partial charge in [0.1, 0.15) is 18.1 Å². The number of hydrogen-bond donors (Lipinski definition) is 2. The number of carbonyl (C=O) groups is 1. The number of amides is 1. The zero-order valence-corrected chi connectivity index (χ0v) is 17.6. The predicted octanol–water partition coefficient (Wildman–Crippen LogP) is 3.32. The van der Waals surface area contributed by atoms with Crippen molar-refractivity contribution in [1.82, 2.24) is 0 Å². The molecule has 0 radical (unpaired) electrons. The number of benzene rings is 2. The summed E-state index contributed by atoms with van der Waals surface area (Å²) in [6.45, 7) is 1.36. The molecule has 2 aromatic carbocycles. The largest absolute Gasteiger partial charge is 0.495 e. The van der Waals surface area contributed by atoms with Crippen LogP contribution in [0, 0.1) is 0 Å².